The normalized spacial score (nSPS) is 15.6. The molecule has 0 radical (unpaired) electrons. The Hall–Kier alpha value is -1.90. The molecule has 8 heteroatoms. The molecule has 1 fully saturated rings. The number of carbonyl (C=O) groups excluding carboxylic acids is 1. The minimum Gasteiger partial charge on any atom is -0.495 e. The predicted octanol–water partition coefficient (Wildman–Crippen LogP) is 2.86. The van der Waals surface area contributed by atoms with E-state index in [2.05, 4.69) is 5.32 Å². The number of nitrogens with zero attached hydrogens (tertiary/aromatic N) is 1. The van der Waals surface area contributed by atoms with Gasteiger partial charge in [-0.15, -0.1) is 11.3 Å². The van der Waals surface area contributed by atoms with Crippen molar-refractivity contribution in [3.8, 4) is 5.75 Å². The molecule has 1 amide bonds. The maximum Gasteiger partial charge on any atom is 0.251 e. The molecule has 3 rings (SSSR count). The van der Waals surface area contributed by atoms with Gasteiger partial charge >= 0.3 is 0 Å². The van der Waals surface area contributed by atoms with E-state index < -0.39 is 10.0 Å². The smallest absolute Gasteiger partial charge is 0.251 e. The number of methoxy groups -OCH3 is 1. The van der Waals surface area contributed by atoms with Gasteiger partial charge in [-0.1, -0.05) is 12.5 Å². The highest BCUT2D eigenvalue weighted by Crippen LogP contribution is 2.29. The second kappa shape index (κ2) is 8.20. The van der Waals surface area contributed by atoms with Gasteiger partial charge in [-0.25, -0.2) is 8.42 Å². The summed E-state index contributed by atoms with van der Waals surface area (Å²) in [6.45, 7) is 1.41. The number of piperidine rings is 1. The highest BCUT2D eigenvalue weighted by molar-refractivity contribution is 7.89. The van der Waals surface area contributed by atoms with Crippen LogP contribution in [0, 0.1) is 0 Å². The number of amides is 1. The average Bonchev–Trinajstić information content (AvgIpc) is 3.20. The Morgan fingerprint density at radius 1 is 1.23 bits per heavy atom. The predicted molar refractivity (Wildman–Crippen MR) is 101 cm³/mol. The topological polar surface area (TPSA) is 75.7 Å². The van der Waals surface area contributed by atoms with E-state index in [1.54, 1.807) is 17.4 Å². The van der Waals surface area contributed by atoms with Crippen molar-refractivity contribution >= 4 is 27.3 Å². The molecule has 1 aromatic heterocycles. The van der Waals surface area contributed by atoms with Crippen LogP contribution in [0.15, 0.2) is 40.6 Å². The van der Waals surface area contributed by atoms with Crippen molar-refractivity contribution in [2.75, 3.05) is 20.2 Å². The first-order valence-corrected chi connectivity index (χ1v) is 10.8. The van der Waals surface area contributed by atoms with Crippen molar-refractivity contribution in [2.45, 2.75) is 30.7 Å². The summed E-state index contributed by atoms with van der Waals surface area (Å²) in [5.74, 6) is -0.0541. The zero-order valence-electron chi connectivity index (χ0n) is 14.6. The lowest BCUT2D eigenvalue weighted by Crippen LogP contribution is -2.36. The number of nitrogens with one attached hydrogen (secondary N) is 1. The fourth-order valence-corrected chi connectivity index (χ4v) is 5.29. The number of sulfonamides is 1. The van der Waals surface area contributed by atoms with Gasteiger partial charge in [0, 0.05) is 23.5 Å². The molecule has 2 aromatic rings. The van der Waals surface area contributed by atoms with E-state index in [9.17, 15) is 13.2 Å². The van der Waals surface area contributed by atoms with Gasteiger partial charge in [0.2, 0.25) is 10.0 Å². The van der Waals surface area contributed by atoms with Crippen molar-refractivity contribution < 1.29 is 17.9 Å². The quantitative estimate of drug-likeness (QED) is 0.817. The highest BCUT2D eigenvalue weighted by atomic mass is 32.2. The molecule has 0 aliphatic carbocycles. The monoisotopic (exact) mass is 394 g/mol. The van der Waals surface area contributed by atoms with Crippen LogP contribution in [0.4, 0.5) is 0 Å². The Labute approximate surface area is 157 Å². The maximum atomic E-state index is 13.0. The summed E-state index contributed by atoms with van der Waals surface area (Å²) < 4.78 is 32.7. The first kappa shape index (κ1) is 18.9. The lowest BCUT2D eigenvalue weighted by Gasteiger charge is -2.26. The number of hydrogen-bond donors (Lipinski definition) is 1. The van der Waals surface area contributed by atoms with Crippen LogP contribution in [-0.2, 0) is 16.6 Å². The molecule has 1 aliphatic rings. The number of hydrogen-bond acceptors (Lipinski definition) is 5. The van der Waals surface area contributed by atoms with E-state index in [1.165, 1.54) is 23.5 Å². The second-order valence-electron chi connectivity index (χ2n) is 6.09. The first-order chi connectivity index (χ1) is 12.5. The van der Waals surface area contributed by atoms with Crippen molar-refractivity contribution in [1.29, 1.82) is 0 Å². The van der Waals surface area contributed by atoms with Crippen LogP contribution >= 0.6 is 11.3 Å². The average molecular weight is 395 g/mol. The van der Waals surface area contributed by atoms with Gasteiger partial charge in [-0.05, 0) is 42.5 Å². The van der Waals surface area contributed by atoms with Crippen LogP contribution in [0.3, 0.4) is 0 Å². The Kier molecular flexibility index (Phi) is 5.95. The third kappa shape index (κ3) is 4.08. The Morgan fingerprint density at radius 2 is 2.00 bits per heavy atom. The molecule has 0 bridgehead atoms. The zero-order chi connectivity index (χ0) is 18.6. The van der Waals surface area contributed by atoms with Crippen LogP contribution in [0.2, 0.25) is 0 Å². The van der Waals surface area contributed by atoms with E-state index in [-0.39, 0.29) is 16.6 Å². The van der Waals surface area contributed by atoms with Crippen molar-refractivity contribution in [1.82, 2.24) is 9.62 Å². The van der Waals surface area contributed by atoms with Gasteiger partial charge in [0.15, 0.2) is 0 Å². The number of rotatable bonds is 6. The summed E-state index contributed by atoms with van der Waals surface area (Å²) in [5, 5.41) is 4.76. The molecule has 0 spiro atoms. The van der Waals surface area contributed by atoms with Gasteiger partial charge in [-0.2, -0.15) is 4.31 Å². The van der Waals surface area contributed by atoms with Crippen LogP contribution in [0.1, 0.15) is 34.5 Å². The van der Waals surface area contributed by atoms with E-state index in [0.29, 0.717) is 25.2 Å². The van der Waals surface area contributed by atoms with Gasteiger partial charge in [0.1, 0.15) is 10.6 Å². The summed E-state index contributed by atoms with van der Waals surface area (Å²) in [5.41, 5.74) is 0.304. The molecule has 1 N–H and O–H groups in total. The third-order valence-electron chi connectivity index (χ3n) is 4.36. The molecular weight excluding hydrogens is 372 g/mol. The number of carbonyl (C=O) groups is 1. The lowest BCUT2D eigenvalue weighted by atomic mass is 10.2. The molecule has 1 saturated heterocycles. The molecule has 0 atom stereocenters. The van der Waals surface area contributed by atoms with Crippen LogP contribution in [0.25, 0.3) is 0 Å². The second-order valence-corrected chi connectivity index (χ2v) is 9.03. The summed E-state index contributed by atoms with van der Waals surface area (Å²) in [7, 11) is -2.26. The fourth-order valence-electron chi connectivity index (χ4n) is 2.95. The largest absolute Gasteiger partial charge is 0.495 e. The number of ether oxygens (including phenoxy) is 1. The SMILES string of the molecule is COc1ccc(C(=O)NCc2cccs2)cc1S(=O)(=O)N1CCCCC1. The molecule has 1 aliphatic heterocycles. The van der Waals surface area contributed by atoms with Crippen molar-refractivity contribution in [2.24, 2.45) is 0 Å². The minimum absolute atomic E-state index is 0.0469. The third-order valence-corrected chi connectivity index (χ3v) is 7.16. The van der Waals surface area contributed by atoms with Gasteiger partial charge in [0.25, 0.3) is 5.91 Å². The van der Waals surface area contributed by atoms with Gasteiger partial charge in [-0.3, -0.25) is 4.79 Å². The van der Waals surface area contributed by atoms with Crippen molar-refractivity contribution in [3.05, 3.63) is 46.2 Å². The summed E-state index contributed by atoms with van der Waals surface area (Å²) in [4.78, 5) is 13.5. The van der Waals surface area contributed by atoms with Crippen LogP contribution < -0.4 is 10.1 Å². The molecule has 2 heterocycles. The molecule has 0 saturated carbocycles. The summed E-state index contributed by atoms with van der Waals surface area (Å²) >= 11 is 1.56. The minimum atomic E-state index is -3.69. The van der Waals surface area contributed by atoms with Crippen LogP contribution in [-0.4, -0.2) is 38.8 Å². The lowest BCUT2D eigenvalue weighted by molar-refractivity contribution is 0.0951. The van der Waals surface area contributed by atoms with Crippen LogP contribution in [0.5, 0.6) is 5.75 Å². The van der Waals surface area contributed by atoms with E-state index in [0.717, 1.165) is 24.1 Å². The van der Waals surface area contributed by atoms with E-state index >= 15 is 0 Å². The number of benzene rings is 1. The molecule has 0 unspecified atom stereocenters. The molecule has 26 heavy (non-hydrogen) atoms. The Balaban J connectivity index is 1.84. The standard InChI is InChI=1S/C18H22N2O4S2/c1-24-16-8-7-14(18(21)19-13-15-6-5-11-25-15)12-17(16)26(22,23)20-9-3-2-4-10-20/h5-8,11-12H,2-4,9-10,13H2,1H3,(H,19,21). The maximum absolute atomic E-state index is 13.0. The fraction of sp³-hybridized carbons (Fsp3) is 0.389. The summed E-state index contributed by atoms with van der Waals surface area (Å²) in [6.07, 6.45) is 2.74. The van der Waals surface area contributed by atoms with Gasteiger partial charge in [0.05, 0.1) is 13.7 Å². The zero-order valence-corrected chi connectivity index (χ0v) is 16.2. The van der Waals surface area contributed by atoms with E-state index in [1.807, 2.05) is 17.5 Å². The number of thiophene rings is 1. The first-order valence-electron chi connectivity index (χ1n) is 8.51. The molecule has 1 aromatic carbocycles. The molecule has 140 valence electrons. The molecule has 6 nitrogen and oxygen atoms in total. The molecular formula is C18H22N2O4S2. The Bertz CT molecular complexity index is 857. The van der Waals surface area contributed by atoms with E-state index in [4.69, 9.17) is 4.74 Å². The highest BCUT2D eigenvalue weighted by Gasteiger charge is 2.29. The summed E-state index contributed by atoms with van der Waals surface area (Å²) in [6, 6.07) is 8.38. The Morgan fingerprint density at radius 3 is 2.65 bits per heavy atom. The van der Waals surface area contributed by atoms with Crippen molar-refractivity contribution in [3.63, 3.8) is 0 Å². The van der Waals surface area contributed by atoms with Gasteiger partial charge < -0.3 is 10.1 Å².